The minimum Gasteiger partial charge on any atom is -0.447 e. The van der Waals surface area contributed by atoms with Crippen molar-refractivity contribution in [2.24, 2.45) is 0 Å². The number of nitrogens with one attached hydrogen (secondary N) is 1. The van der Waals surface area contributed by atoms with E-state index in [4.69, 9.17) is 10.5 Å². The van der Waals surface area contributed by atoms with Gasteiger partial charge in [0.05, 0.1) is 11.1 Å². The lowest BCUT2D eigenvalue weighted by atomic mass is 10.3. The van der Waals surface area contributed by atoms with Crippen LogP contribution >= 0.6 is 11.3 Å². The van der Waals surface area contributed by atoms with Crippen molar-refractivity contribution in [2.75, 3.05) is 5.73 Å². The Morgan fingerprint density at radius 2 is 2.43 bits per heavy atom. The van der Waals surface area contributed by atoms with Gasteiger partial charge in [0, 0.05) is 6.54 Å². The molecule has 0 saturated heterocycles. The Labute approximate surface area is 87.1 Å². The van der Waals surface area contributed by atoms with Crippen LogP contribution in [-0.4, -0.2) is 12.2 Å². The van der Waals surface area contributed by atoms with Crippen LogP contribution in [0.4, 0.5) is 9.80 Å². The Hall–Kier alpha value is -1.23. The molecule has 0 spiro atoms. The van der Waals surface area contributed by atoms with Crippen LogP contribution in [0.3, 0.4) is 0 Å². The van der Waals surface area contributed by atoms with E-state index < -0.39 is 6.09 Å². The van der Waals surface area contributed by atoms with E-state index >= 15 is 0 Å². The summed E-state index contributed by atoms with van der Waals surface area (Å²) < 4.78 is 4.90. The SMILES string of the molecule is CC(C)OC(=O)NCc1csc(N)c1. The molecule has 4 nitrogen and oxygen atoms in total. The van der Waals surface area contributed by atoms with Crippen LogP contribution in [0.2, 0.25) is 0 Å². The molecule has 5 heteroatoms. The van der Waals surface area contributed by atoms with Gasteiger partial charge in [-0.2, -0.15) is 0 Å². The number of carbonyl (C=O) groups is 1. The quantitative estimate of drug-likeness (QED) is 0.808. The molecule has 0 radical (unpaired) electrons. The fourth-order valence-corrected chi connectivity index (χ4v) is 1.58. The molecule has 1 amide bonds. The summed E-state index contributed by atoms with van der Waals surface area (Å²) in [5, 5.41) is 5.29. The number of hydrogen-bond acceptors (Lipinski definition) is 4. The summed E-state index contributed by atoms with van der Waals surface area (Å²) in [4.78, 5) is 11.1. The first-order chi connectivity index (χ1) is 6.58. The molecule has 0 saturated carbocycles. The predicted octanol–water partition coefficient (Wildman–Crippen LogP) is 1.96. The highest BCUT2D eigenvalue weighted by molar-refractivity contribution is 7.14. The molecule has 1 aromatic heterocycles. The lowest BCUT2D eigenvalue weighted by Gasteiger charge is -2.08. The van der Waals surface area contributed by atoms with Gasteiger partial charge in [-0.15, -0.1) is 11.3 Å². The Bertz CT molecular complexity index is 310. The number of nitrogens with two attached hydrogens (primary N) is 1. The maximum absolute atomic E-state index is 11.1. The van der Waals surface area contributed by atoms with Gasteiger partial charge in [0.15, 0.2) is 0 Å². The predicted molar refractivity (Wildman–Crippen MR) is 57.2 cm³/mol. The smallest absolute Gasteiger partial charge is 0.407 e. The molecule has 1 aromatic rings. The lowest BCUT2D eigenvalue weighted by Crippen LogP contribution is -2.26. The van der Waals surface area contributed by atoms with E-state index in [0.29, 0.717) is 6.54 Å². The maximum atomic E-state index is 11.1. The van der Waals surface area contributed by atoms with Gasteiger partial charge in [0.25, 0.3) is 0 Å². The van der Waals surface area contributed by atoms with Crippen LogP contribution in [0.5, 0.6) is 0 Å². The second kappa shape index (κ2) is 4.85. The van der Waals surface area contributed by atoms with Crippen molar-refractivity contribution in [1.82, 2.24) is 5.32 Å². The van der Waals surface area contributed by atoms with E-state index in [1.54, 1.807) is 0 Å². The lowest BCUT2D eigenvalue weighted by molar-refractivity contribution is 0.115. The van der Waals surface area contributed by atoms with E-state index in [0.717, 1.165) is 10.6 Å². The van der Waals surface area contributed by atoms with Crippen LogP contribution in [0.1, 0.15) is 19.4 Å². The second-order valence-electron chi connectivity index (χ2n) is 3.16. The third kappa shape index (κ3) is 3.66. The van der Waals surface area contributed by atoms with Gasteiger partial charge < -0.3 is 15.8 Å². The zero-order valence-electron chi connectivity index (χ0n) is 8.24. The number of amides is 1. The first kappa shape index (κ1) is 10.8. The summed E-state index contributed by atoms with van der Waals surface area (Å²) >= 11 is 1.46. The standard InChI is InChI=1S/C9H14N2O2S/c1-6(2)13-9(12)11-4-7-3-8(10)14-5-7/h3,5-6H,4,10H2,1-2H3,(H,11,12). The first-order valence-corrected chi connectivity index (χ1v) is 5.23. The molecule has 1 heterocycles. The summed E-state index contributed by atoms with van der Waals surface area (Å²) in [6.07, 6.45) is -0.493. The summed E-state index contributed by atoms with van der Waals surface area (Å²) in [5.74, 6) is 0. The van der Waals surface area contributed by atoms with Gasteiger partial charge in [-0.1, -0.05) is 0 Å². The molecule has 0 aliphatic carbocycles. The molecule has 0 aromatic carbocycles. The van der Waals surface area contributed by atoms with Gasteiger partial charge in [-0.05, 0) is 30.9 Å². The zero-order chi connectivity index (χ0) is 10.6. The Morgan fingerprint density at radius 3 is 2.93 bits per heavy atom. The van der Waals surface area contributed by atoms with Crippen molar-refractivity contribution in [3.63, 3.8) is 0 Å². The number of anilines is 1. The Kier molecular flexibility index (Phi) is 3.76. The van der Waals surface area contributed by atoms with Crippen molar-refractivity contribution in [2.45, 2.75) is 26.5 Å². The van der Waals surface area contributed by atoms with E-state index in [2.05, 4.69) is 5.32 Å². The number of alkyl carbamates (subject to hydrolysis) is 1. The molecule has 0 fully saturated rings. The third-order valence-corrected chi connectivity index (χ3v) is 2.26. The monoisotopic (exact) mass is 214 g/mol. The van der Waals surface area contributed by atoms with Gasteiger partial charge in [0.1, 0.15) is 0 Å². The van der Waals surface area contributed by atoms with Gasteiger partial charge >= 0.3 is 6.09 Å². The highest BCUT2D eigenvalue weighted by Crippen LogP contribution is 2.15. The molecule has 0 aliphatic rings. The summed E-state index contributed by atoms with van der Waals surface area (Å²) in [6.45, 7) is 4.07. The largest absolute Gasteiger partial charge is 0.447 e. The van der Waals surface area contributed by atoms with Crippen molar-refractivity contribution >= 4 is 22.4 Å². The minimum absolute atomic E-state index is 0.0949. The average Bonchev–Trinajstić information content (AvgIpc) is 2.47. The number of nitrogen functional groups attached to an aromatic ring is 1. The highest BCUT2D eigenvalue weighted by atomic mass is 32.1. The number of thiophene rings is 1. The van der Waals surface area contributed by atoms with E-state index in [1.807, 2.05) is 25.3 Å². The first-order valence-electron chi connectivity index (χ1n) is 4.35. The van der Waals surface area contributed by atoms with Crippen LogP contribution in [0.15, 0.2) is 11.4 Å². The Balaban J connectivity index is 2.30. The van der Waals surface area contributed by atoms with Crippen molar-refractivity contribution < 1.29 is 9.53 Å². The topological polar surface area (TPSA) is 64.3 Å². The van der Waals surface area contributed by atoms with Crippen LogP contribution in [0.25, 0.3) is 0 Å². The van der Waals surface area contributed by atoms with Gasteiger partial charge in [-0.25, -0.2) is 4.79 Å². The molecule has 78 valence electrons. The number of rotatable bonds is 3. The number of ether oxygens (including phenoxy) is 1. The molecular formula is C9H14N2O2S. The third-order valence-electron chi connectivity index (χ3n) is 1.45. The molecule has 0 atom stereocenters. The van der Waals surface area contributed by atoms with Crippen molar-refractivity contribution in [1.29, 1.82) is 0 Å². The van der Waals surface area contributed by atoms with Gasteiger partial charge in [0.2, 0.25) is 0 Å². The minimum atomic E-state index is -0.398. The fraction of sp³-hybridized carbons (Fsp3) is 0.444. The fourth-order valence-electron chi connectivity index (χ4n) is 0.917. The van der Waals surface area contributed by atoms with Crippen LogP contribution in [0, 0.1) is 0 Å². The molecule has 0 unspecified atom stereocenters. The van der Waals surface area contributed by atoms with Crippen molar-refractivity contribution in [3.05, 3.63) is 17.0 Å². The summed E-state index contributed by atoms with van der Waals surface area (Å²) in [6, 6.07) is 1.83. The molecular weight excluding hydrogens is 200 g/mol. The van der Waals surface area contributed by atoms with E-state index in [9.17, 15) is 4.79 Å². The van der Waals surface area contributed by atoms with Crippen molar-refractivity contribution in [3.8, 4) is 0 Å². The number of hydrogen-bond donors (Lipinski definition) is 2. The maximum Gasteiger partial charge on any atom is 0.407 e. The normalized spacial score (nSPS) is 10.2. The van der Waals surface area contributed by atoms with Gasteiger partial charge in [-0.3, -0.25) is 0 Å². The van der Waals surface area contributed by atoms with E-state index in [-0.39, 0.29) is 6.10 Å². The molecule has 3 N–H and O–H groups in total. The molecule has 14 heavy (non-hydrogen) atoms. The average molecular weight is 214 g/mol. The molecule has 0 aliphatic heterocycles. The molecule has 1 rings (SSSR count). The second-order valence-corrected chi connectivity index (χ2v) is 4.11. The molecule has 0 bridgehead atoms. The number of carbonyl (C=O) groups excluding carboxylic acids is 1. The zero-order valence-corrected chi connectivity index (χ0v) is 9.06. The summed E-state index contributed by atoms with van der Waals surface area (Å²) in [5.41, 5.74) is 6.53. The van der Waals surface area contributed by atoms with Crippen LogP contribution < -0.4 is 11.1 Å². The highest BCUT2D eigenvalue weighted by Gasteiger charge is 2.04. The van der Waals surface area contributed by atoms with Crippen LogP contribution in [-0.2, 0) is 11.3 Å². The summed E-state index contributed by atoms with van der Waals surface area (Å²) in [7, 11) is 0. The van der Waals surface area contributed by atoms with E-state index in [1.165, 1.54) is 11.3 Å². The Morgan fingerprint density at radius 1 is 1.71 bits per heavy atom.